The first kappa shape index (κ1) is 23.7. The van der Waals surface area contributed by atoms with Crippen LogP contribution in [0.2, 0.25) is 0 Å². The van der Waals surface area contributed by atoms with Crippen LogP contribution in [0.1, 0.15) is 72.9 Å². The molecule has 36 heavy (non-hydrogen) atoms. The van der Waals surface area contributed by atoms with Crippen molar-refractivity contribution < 1.29 is 4.79 Å². The molecule has 0 spiro atoms. The molecule has 4 aromatic heterocycles. The van der Waals surface area contributed by atoms with Crippen molar-refractivity contribution in [1.29, 1.82) is 0 Å². The van der Waals surface area contributed by atoms with Crippen LogP contribution in [0.3, 0.4) is 0 Å². The van der Waals surface area contributed by atoms with E-state index < -0.39 is 0 Å². The average Bonchev–Trinajstić information content (AvgIpc) is 3.63. The SMILES string of the molecule is Cc1c(C2CCN(C(=O)[C@H]3CCCN3C)CC2)sc2[nH]c(-c3cc(C)c4ncnn4c3)c(C(C)C)c12. The quantitative estimate of drug-likeness (QED) is 0.400. The Balaban J connectivity index is 1.29. The summed E-state index contributed by atoms with van der Waals surface area (Å²) in [5, 5.41) is 5.78. The van der Waals surface area contributed by atoms with E-state index in [4.69, 9.17) is 0 Å². The molecular weight excluding hydrogens is 468 g/mol. The van der Waals surface area contributed by atoms with Crippen LogP contribution in [-0.4, -0.2) is 68.0 Å². The van der Waals surface area contributed by atoms with Gasteiger partial charge in [0, 0.05) is 35.1 Å². The maximum atomic E-state index is 13.1. The van der Waals surface area contributed by atoms with Crippen LogP contribution in [0.15, 0.2) is 18.6 Å². The zero-order chi connectivity index (χ0) is 25.1. The normalized spacial score (nSPS) is 19.9. The molecule has 7 nitrogen and oxygen atoms in total. The van der Waals surface area contributed by atoms with Gasteiger partial charge in [0.05, 0.1) is 11.7 Å². The van der Waals surface area contributed by atoms with Gasteiger partial charge in [-0.2, -0.15) is 5.10 Å². The number of nitrogens with one attached hydrogen (secondary N) is 1. The van der Waals surface area contributed by atoms with E-state index in [-0.39, 0.29) is 6.04 Å². The van der Waals surface area contributed by atoms with Gasteiger partial charge in [-0.05, 0) is 87.7 Å². The Morgan fingerprint density at radius 2 is 1.94 bits per heavy atom. The van der Waals surface area contributed by atoms with E-state index in [0.717, 1.165) is 62.1 Å². The van der Waals surface area contributed by atoms with Crippen molar-refractivity contribution in [3.63, 3.8) is 0 Å². The number of carbonyl (C=O) groups is 1. The summed E-state index contributed by atoms with van der Waals surface area (Å²) < 4.78 is 1.88. The highest BCUT2D eigenvalue weighted by Gasteiger charge is 2.34. The van der Waals surface area contributed by atoms with E-state index in [2.05, 4.69) is 71.9 Å². The minimum absolute atomic E-state index is 0.0931. The molecule has 0 unspecified atom stereocenters. The lowest BCUT2D eigenvalue weighted by Gasteiger charge is -2.34. The van der Waals surface area contributed by atoms with E-state index in [1.807, 2.05) is 15.9 Å². The first-order chi connectivity index (χ1) is 17.3. The van der Waals surface area contributed by atoms with Crippen LogP contribution in [-0.2, 0) is 4.79 Å². The summed E-state index contributed by atoms with van der Waals surface area (Å²) in [6, 6.07) is 2.31. The summed E-state index contributed by atoms with van der Waals surface area (Å²) in [5.41, 5.74) is 7.19. The third-order valence-corrected chi connectivity index (χ3v) is 9.74. The number of H-pyrrole nitrogens is 1. The smallest absolute Gasteiger partial charge is 0.239 e. The second-order valence-corrected chi connectivity index (χ2v) is 12.1. The molecule has 1 N–H and O–H groups in total. The van der Waals surface area contributed by atoms with Crippen LogP contribution in [0, 0.1) is 13.8 Å². The maximum absolute atomic E-state index is 13.1. The molecule has 6 heterocycles. The fourth-order valence-electron chi connectivity index (χ4n) is 6.47. The molecule has 1 amide bonds. The van der Waals surface area contributed by atoms with Crippen LogP contribution in [0.4, 0.5) is 0 Å². The third-order valence-electron chi connectivity index (χ3n) is 8.37. The number of thiophene rings is 1. The highest BCUT2D eigenvalue weighted by Crippen LogP contribution is 2.46. The Kier molecular flexibility index (Phi) is 5.91. The summed E-state index contributed by atoms with van der Waals surface area (Å²) in [7, 11) is 2.09. The van der Waals surface area contributed by atoms with Crippen molar-refractivity contribution in [2.24, 2.45) is 0 Å². The number of aromatic amines is 1. The summed E-state index contributed by atoms with van der Waals surface area (Å²) >= 11 is 1.92. The van der Waals surface area contributed by atoms with Crippen LogP contribution >= 0.6 is 11.3 Å². The number of carbonyl (C=O) groups excluding carboxylic acids is 1. The van der Waals surface area contributed by atoms with Gasteiger partial charge in [0.2, 0.25) is 5.91 Å². The molecule has 0 radical (unpaired) electrons. The summed E-state index contributed by atoms with van der Waals surface area (Å²) in [6.45, 7) is 11.8. The molecule has 0 saturated carbocycles. The lowest BCUT2D eigenvalue weighted by Crippen LogP contribution is -2.47. The number of aromatic nitrogens is 4. The number of hydrogen-bond acceptors (Lipinski definition) is 5. The average molecular weight is 505 g/mol. The Morgan fingerprint density at radius 3 is 2.64 bits per heavy atom. The van der Waals surface area contributed by atoms with E-state index in [9.17, 15) is 4.79 Å². The van der Waals surface area contributed by atoms with Gasteiger partial charge >= 0.3 is 0 Å². The number of aryl methyl sites for hydroxylation is 2. The Bertz CT molecular complexity index is 1440. The minimum Gasteiger partial charge on any atom is -0.346 e. The molecule has 2 saturated heterocycles. The van der Waals surface area contributed by atoms with Crippen molar-refractivity contribution in [3.8, 4) is 11.3 Å². The lowest BCUT2D eigenvalue weighted by molar-refractivity contribution is -0.136. The van der Waals surface area contributed by atoms with Crippen molar-refractivity contribution in [3.05, 3.63) is 40.2 Å². The molecule has 0 aliphatic carbocycles. The van der Waals surface area contributed by atoms with Gasteiger partial charge in [0.25, 0.3) is 0 Å². The molecular formula is C28H36N6OS. The summed E-state index contributed by atoms with van der Waals surface area (Å²) in [4.78, 5) is 28.4. The molecule has 190 valence electrons. The Hall–Kier alpha value is -2.71. The number of amides is 1. The molecule has 8 heteroatoms. The molecule has 0 bridgehead atoms. The van der Waals surface area contributed by atoms with Crippen molar-refractivity contribution in [2.45, 2.75) is 71.3 Å². The monoisotopic (exact) mass is 504 g/mol. The zero-order valence-electron chi connectivity index (χ0n) is 22.0. The predicted molar refractivity (Wildman–Crippen MR) is 146 cm³/mol. The number of pyridine rings is 1. The van der Waals surface area contributed by atoms with E-state index >= 15 is 0 Å². The molecule has 2 fully saturated rings. The number of nitrogens with zero attached hydrogens (tertiary/aromatic N) is 5. The van der Waals surface area contributed by atoms with Gasteiger partial charge < -0.3 is 9.88 Å². The van der Waals surface area contributed by atoms with Crippen LogP contribution < -0.4 is 0 Å². The molecule has 4 aromatic rings. The summed E-state index contributed by atoms with van der Waals surface area (Å²) in [6.07, 6.45) is 7.95. The van der Waals surface area contributed by atoms with Gasteiger partial charge in [-0.25, -0.2) is 9.50 Å². The van der Waals surface area contributed by atoms with Crippen LogP contribution in [0.5, 0.6) is 0 Å². The van der Waals surface area contributed by atoms with Gasteiger partial charge in [-0.15, -0.1) is 11.3 Å². The summed E-state index contributed by atoms with van der Waals surface area (Å²) in [5.74, 6) is 1.26. The largest absolute Gasteiger partial charge is 0.346 e. The molecule has 1 atom stereocenters. The zero-order valence-corrected chi connectivity index (χ0v) is 22.8. The van der Waals surface area contributed by atoms with Crippen LogP contribution in [0.25, 0.3) is 27.1 Å². The number of hydrogen-bond donors (Lipinski definition) is 1. The van der Waals surface area contributed by atoms with Gasteiger partial charge in [-0.1, -0.05) is 13.8 Å². The fraction of sp³-hybridized carbons (Fsp3) is 0.536. The number of piperidine rings is 1. The minimum atomic E-state index is 0.0931. The number of likely N-dealkylation sites (tertiary alicyclic amines) is 2. The van der Waals surface area contributed by atoms with Gasteiger partial charge in [0.1, 0.15) is 11.2 Å². The second-order valence-electron chi connectivity index (χ2n) is 11.0. The molecule has 2 aliphatic rings. The standard InChI is InChI=1S/C28H36N6OS/c1-16(2)22-23-18(4)25(19-8-11-33(12-9-19)28(35)21-7-6-10-32(21)5)36-27(23)31-24(22)20-13-17(3)26-29-15-30-34(26)14-20/h13-16,19,21,31H,6-12H2,1-5H3/t21-/m1/s1. The van der Waals surface area contributed by atoms with Gasteiger partial charge in [0.15, 0.2) is 5.65 Å². The van der Waals surface area contributed by atoms with Gasteiger partial charge in [-0.3, -0.25) is 9.69 Å². The third kappa shape index (κ3) is 3.77. The molecule has 6 rings (SSSR count). The predicted octanol–water partition coefficient (Wildman–Crippen LogP) is 5.48. The molecule has 0 aromatic carbocycles. The van der Waals surface area contributed by atoms with E-state index in [1.165, 1.54) is 31.9 Å². The second kappa shape index (κ2) is 8.99. The van der Waals surface area contributed by atoms with E-state index in [1.54, 1.807) is 6.33 Å². The van der Waals surface area contributed by atoms with E-state index in [0.29, 0.717) is 17.7 Å². The first-order valence-corrected chi connectivity index (χ1v) is 14.1. The maximum Gasteiger partial charge on any atom is 0.239 e. The highest BCUT2D eigenvalue weighted by atomic mass is 32.1. The van der Waals surface area contributed by atoms with Crippen molar-refractivity contribution >= 4 is 33.1 Å². The first-order valence-electron chi connectivity index (χ1n) is 13.3. The Morgan fingerprint density at radius 1 is 1.17 bits per heavy atom. The lowest BCUT2D eigenvalue weighted by atomic mass is 9.90. The van der Waals surface area contributed by atoms with Crippen molar-refractivity contribution in [2.75, 3.05) is 26.7 Å². The van der Waals surface area contributed by atoms with Crippen molar-refractivity contribution in [1.82, 2.24) is 29.4 Å². The number of likely N-dealkylation sites (N-methyl/N-ethyl adjacent to an activating group) is 1. The highest BCUT2D eigenvalue weighted by molar-refractivity contribution is 7.19. The number of fused-ring (bicyclic) bond motifs is 2. The Labute approximate surface area is 216 Å². The molecule has 2 aliphatic heterocycles. The fourth-order valence-corrected chi connectivity index (χ4v) is 7.86. The topological polar surface area (TPSA) is 69.5 Å². The number of rotatable bonds is 4.